The summed E-state index contributed by atoms with van der Waals surface area (Å²) in [6.07, 6.45) is -4.84. The fourth-order valence-electron chi connectivity index (χ4n) is 3.03. The van der Waals surface area contributed by atoms with Crippen LogP contribution in [0.15, 0.2) is 60.3 Å². The lowest BCUT2D eigenvalue weighted by Gasteiger charge is -2.20. The summed E-state index contributed by atoms with van der Waals surface area (Å²) < 4.78 is 40.9. The maximum atomic E-state index is 13.1. The molecule has 3 rings (SSSR count). The van der Waals surface area contributed by atoms with E-state index in [-0.39, 0.29) is 30.1 Å². The molecule has 1 aliphatic rings. The van der Waals surface area contributed by atoms with E-state index in [9.17, 15) is 27.9 Å². The number of nitrogens with zero attached hydrogens (tertiary/aromatic N) is 2. The van der Waals surface area contributed by atoms with Crippen molar-refractivity contribution < 1.29 is 32.6 Å². The van der Waals surface area contributed by atoms with E-state index >= 15 is 0 Å². The molecule has 0 atom stereocenters. The first kappa shape index (κ1) is 20.4. The summed E-state index contributed by atoms with van der Waals surface area (Å²) in [4.78, 5) is 28.5. The van der Waals surface area contributed by atoms with Crippen molar-refractivity contribution in [3.05, 3.63) is 65.9 Å². The van der Waals surface area contributed by atoms with Crippen molar-refractivity contribution >= 4 is 23.1 Å². The molecular weight excluding hydrogens is 389 g/mol. The number of likely N-dealkylation sites (N-methyl/N-ethyl adjacent to an activating group) is 1. The normalized spacial score (nSPS) is 14.6. The smallest absolute Gasteiger partial charge is 0.406 e. The molecule has 2 aromatic carbocycles. The average molecular weight is 406 g/mol. The van der Waals surface area contributed by atoms with Crippen LogP contribution in [0.2, 0.25) is 0 Å². The first-order valence-electron chi connectivity index (χ1n) is 8.59. The Kier molecular flexibility index (Phi) is 5.60. The van der Waals surface area contributed by atoms with Crippen LogP contribution in [0.1, 0.15) is 5.56 Å². The number of anilines is 1. The van der Waals surface area contributed by atoms with Crippen LogP contribution in [0.25, 0.3) is 5.57 Å². The van der Waals surface area contributed by atoms with Gasteiger partial charge in [0.05, 0.1) is 17.9 Å². The third kappa shape index (κ3) is 4.24. The van der Waals surface area contributed by atoms with Crippen molar-refractivity contribution in [2.24, 2.45) is 0 Å². The topological polar surface area (TPSA) is 70.1 Å². The number of carbonyl (C=O) groups is 2. The minimum atomic E-state index is -4.84. The van der Waals surface area contributed by atoms with Crippen LogP contribution in [-0.4, -0.2) is 48.4 Å². The molecule has 1 heterocycles. The highest BCUT2D eigenvalue weighted by molar-refractivity contribution is 6.45. The second kappa shape index (κ2) is 7.96. The zero-order valence-corrected chi connectivity index (χ0v) is 15.3. The number of amides is 2. The number of alkyl halides is 3. The predicted octanol–water partition coefficient (Wildman–Crippen LogP) is 2.79. The summed E-state index contributed by atoms with van der Waals surface area (Å²) in [7, 11) is 1.57. The Labute approximate surface area is 164 Å². The molecule has 1 aliphatic heterocycles. The molecule has 0 radical (unpaired) electrons. The Bertz CT molecular complexity index is 940. The van der Waals surface area contributed by atoms with E-state index in [0.29, 0.717) is 5.56 Å². The highest BCUT2D eigenvalue weighted by Crippen LogP contribution is 2.35. The summed E-state index contributed by atoms with van der Waals surface area (Å²) in [5.74, 6) is -1.70. The number of rotatable bonds is 6. The minimum absolute atomic E-state index is 0.103. The molecule has 0 unspecified atom stereocenters. The van der Waals surface area contributed by atoms with Crippen LogP contribution in [-0.2, 0) is 9.59 Å². The molecule has 0 aromatic heterocycles. The van der Waals surface area contributed by atoms with Gasteiger partial charge in [0.1, 0.15) is 11.4 Å². The van der Waals surface area contributed by atoms with Gasteiger partial charge in [-0.1, -0.05) is 30.3 Å². The van der Waals surface area contributed by atoms with Crippen molar-refractivity contribution in [1.29, 1.82) is 0 Å². The van der Waals surface area contributed by atoms with Gasteiger partial charge in [0.25, 0.3) is 11.8 Å². The maximum Gasteiger partial charge on any atom is 0.573 e. The van der Waals surface area contributed by atoms with Gasteiger partial charge in [-0.3, -0.25) is 9.59 Å². The van der Waals surface area contributed by atoms with Gasteiger partial charge in [-0.15, -0.1) is 13.2 Å². The summed E-state index contributed by atoms with van der Waals surface area (Å²) in [6, 6.07) is 13.0. The van der Waals surface area contributed by atoms with Crippen LogP contribution < -0.4 is 9.64 Å². The highest BCUT2D eigenvalue weighted by Gasteiger charge is 2.41. The number of imide groups is 1. The van der Waals surface area contributed by atoms with E-state index in [1.54, 1.807) is 37.4 Å². The molecule has 152 valence electrons. The van der Waals surface area contributed by atoms with Crippen LogP contribution in [0.4, 0.5) is 18.9 Å². The second-order valence-corrected chi connectivity index (χ2v) is 6.22. The van der Waals surface area contributed by atoms with E-state index < -0.39 is 23.9 Å². The number of carbonyl (C=O) groups excluding carboxylic acids is 2. The molecule has 0 spiro atoms. The molecule has 0 fully saturated rings. The molecule has 9 heteroatoms. The summed E-state index contributed by atoms with van der Waals surface area (Å²) in [6.45, 7) is -0.107. The number of halogens is 3. The molecule has 6 nitrogen and oxygen atoms in total. The van der Waals surface area contributed by atoms with E-state index in [1.807, 2.05) is 0 Å². The van der Waals surface area contributed by atoms with Gasteiger partial charge in [-0.2, -0.15) is 0 Å². The zero-order valence-electron chi connectivity index (χ0n) is 15.3. The molecule has 1 N–H and O–H groups in total. The SMILES string of the molecule is CN(CCO)C1=C(c2ccccc2)C(=O)N(c2ccc(OC(F)(F)F)cc2)C1=O. The summed E-state index contributed by atoms with van der Waals surface area (Å²) in [5.41, 5.74) is 0.883. The van der Waals surface area contributed by atoms with Gasteiger partial charge >= 0.3 is 6.36 Å². The molecular formula is C20H17F3N2O4. The van der Waals surface area contributed by atoms with Crippen molar-refractivity contribution in [2.75, 3.05) is 25.1 Å². The number of hydrogen-bond acceptors (Lipinski definition) is 5. The second-order valence-electron chi connectivity index (χ2n) is 6.22. The van der Waals surface area contributed by atoms with E-state index in [4.69, 9.17) is 0 Å². The van der Waals surface area contributed by atoms with Gasteiger partial charge in [0.15, 0.2) is 0 Å². The lowest BCUT2D eigenvalue weighted by atomic mass is 10.0. The largest absolute Gasteiger partial charge is 0.573 e. The number of hydrogen-bond donors (Lipinski definition) is 1. The molecule has 2 amide bonds. The monoisotopic (exact) mass is 406 g/mol. The molecule has 0 bridgehead atoms. The lowest BCUT2D eigenvalue weighted by molar-refractivity contribution is -0.274. The molecule has 2 aromatic rings. The quantitative estimate of drug-likeness (QED) is 0.748. The number of aliphatic hydroxyl groups excluding tert-OH is 1. The summed E-state index contributed by atoms with van der Waals surface area (Å²) >= 11 is 0. The predicted molar refractivity (Wildman–Crippen MR) is 98.7 cm³/mol. The van der Waals surface area contributed by atoms with E-state index in [0.717, 1.165) is 17.0 Å². The van der Waals surface area contributed by atoms with Crippen molar-refractivity contribution in [2.45, 2.75) is 6.36 Å². The van der Waals surface area contributed by atoms with Gasteiger partial charge in [-0.25, -0.2) is 4.90 Å². The molecule has 0 aliphatic carbocycles. The fraction of sp³-hybridized carbons (Fsp3) is 0.200. The standard InChI is InChI=1S/C20H17F3N2O4/c1-24(11-12-26)17-16(13-5-3-2-4-6-13)18(27)25(19(17)28)14-7-9-15(10-8-14)29-20(21,22)23/h2-10,26H,11-12H2,1H3. The number of ether oxygens (including phenoxy) is 1. The molecule has 0 saturated carbocycles. The van der Waals surface area contributed by atoms with E-state index in [1.165, 1.54) is 17.0 Å². The Morgan fingerprint density at radius 2 is 1.62 bits per heavy atom. The van der Waals surface area contributed by atoms with Gasteiger partial charge in [-0.05, 0) is 29.8 Å². The van der Waals surface area contributed by atoms with Crippen LogP contribution in [0.5, 0.6) is 5.75 Å². The van der Waals surface area contributed by atoms with Crippen LogP contribution in [0.3, 0.4) is 0 Å². The Morgan fingerprint density at radius 1 is 1.00 bits per heavy atom. The Balaban J connectivity index is 1.99. The van der Waals surface area contributed by atoms with Crippen molar-refractivity contribution in [3.8, 4) is 5.75 Å². The van der Waals surface area contributed by atoms with Gasteiger partial charge < -0.3 is 14.7 Å². The first-order valence-corrected chi connectivity index (χ1v) is 8.59. The minimum Gasteiger partial charge on any atom is -0.406 e. The lowest BCUT2D eigenvalue weighted by Crippen LogP contribution is -2.34. The third-order valence-electron chi connectivity index (χ3n) is 4.27. The average Bonchev–Trinajstić information content (AvgIpc) is 2.93. The van der Waals surface area contributed by atoms with Crippen molar-refractivity contribution in [3.63, 3.8) is 0 Å². The van der Waals surface area contributed by atoms with Gasteiger partial charge in [0.2, 0.25) is 0 Å². The fourth-order valence-corrected chi connectivity index (χ4v) is 3.03. The van der Waals surface area contributed by atoms with Crippen LogP contribution in [0, 0.1) is 0 Å². The molecule has 29 heavy (non-hydrogen) atoms. The first-order chi connectivity index (χ1) is 13.7. The van der Waals surface area contributed by atoms with E-state index in [2.05, 4.69) is 4.74 Å². The summed E-state index contributed by atoms with van der Waals surface area (Å²) in [5, 5.41) is 9.23. The number of benzene rings is 2. The Morgan fingerprint density at radius 3 is 2.17 bits per heavy atom. The zero-order chi connectivity index (χ0) is 21.2. The van der Waals surface area contributed by atoms with Crippen molar-refractivity contribution in [1.82, 2.24) is 4.90 Å². The third-order valence-corrected chi connectivity index (χ3v) is 4.27. The van der Waals surface area contributed by atoms with Crippen LogP contribution >= 0.6 is 0 Å². The molecule has 0 saturated heterocycles. The highest BCUT2D eigenvalue weighted by atomic mass is 19.4. The number of aliphatic hydroxyl groups is 1. The maximum absolute atomic E-state index is 13.1. The Hall–Kier alpha value is -3.33. The van der Waals surface area contributed by atoms with Gasteiger partial charge in [0, 0.05) is 13.6 Å².